The predicted molar refractivity (Wildman–Crippen MR) is 74.7 cm³/mol. The predicted octanol–water partition coefficient (Wildman–Crippen LogP) is 2.18. The molecule has 0 aromatic rings. The molecule has 108 valence electrons. The van der Waals surface area contributed by atoms with Crippen LogP contribution in [-0.2, 0) is 9.59 Å². The molecule has 2 aliphatic heterocycles. The van der Waals surface area contributed by atoms with Crippen molar-refractivity contribution in [2.24, 2.45) is 0 Å². The Labute approximate surface area is 116 Å². The van der Waals surface area contributed by atoms with E-state index in [1.807, 2.05) is 9.80 Å². The highest BCUT2D eigenvalue weighted by Crippen LogP contribution is 2.29. The van der Waals surface area contributed by atoms with Crippen LogP contribution in [0, 0.1) is 0 Å². The molecule has 0 aromatic heterocycles. The molecule has 2 saturated heterocycles. The zero-order valence-corrected chi connectivity index (χ0v) is 12.4. The Morgan fingerprint density at radius 3 is 2.63 bits per heavy atom. The van der Waals surface area contributed by atoms with E-state index < -0.39 is 0 Å². The smallest absolute Gasteiger partial charge is 0.245 e. The van der Waals surface area contributed by atoms with Gasteiger partial charge in [-0.3, -0.25) is 9.59 Å². The summed E-state index contributed by atoms with van der Waals surface area (Å²) in [6.45, 7) is 7.73. The molecule has 1 atom stereocenters. The molecule has 0 aromatic carbocycles. The summed E-state index contributed by atoms with van der Waals surface area (Å²) in [5.41, 5.74) is -0.139. The fourth-order valence-electron chi connectivity index (χ4n) is 3.48. The number of rotatable bonds is 3. The third-order valence-electron chi connectivity index (χ3n) is 4.52. The topological polar surface area (TPSA) is 40.6 Å². The van der Waals surface area contributed by atoms with Gasteiger partial charge >= 0.3 is 0 Å². The van der Waals surface area contributed by atoms with Crippen molar-refractivity contribution in [1.82, 2.24) is 9.80 Å². The zero-order chi connectivity index (χ0) is 14.0. The van der Waals surface area contributed by atoms with Gasteiger partial charge in [0.25, 0.3) is 0 Å². The minimum absolute atomic E-state index is 0.139. The number of hydrogen-bond donors (Lipinski definition) is 0. The summed E-state index contributed by atoms with van der Waals surface area (Å²) in [6, 6.07) is -0.195. The number of piperidine rings is 1. The van der Waals surface area contributed by atoms with Crippen LogP contribution in [0.4, 0.5) is 0 Å². The molecule has 2 heterocycles. The van der Waals surface area contributed by atoms with Gasteiger partial charge in [-0.1, -0.05) is 13.3 Å². The molecule has 2 rings (SSSR count). The number of fused-ring (bicyclic) bond motifs is 1. The van der Waals surface area contributed by atoms with Gasteiger partial charge in [0.2, 0.25) is 11.8 Å². The Bertz CT molecular complexity index is 365. The Hall–Kier alpha value is -1.06. The molecule has 2 fully saturated rings. The van der Waals surface area contributed by atoms with Crippen LogP contribution >= 0.6 is 0 Å². The standard InChI is InChI=1S/C15H26N2O2/c1-4-9-15(2,3)17-11-8-13(18)16-10-6-5-7-12(16)14(17)19/h12H,4-11H2,1-3H3. The molecule has 1 unspecified atom stereocenters. The van der Waals surface area contributed by atoms with Crippen LogP contribution < -0.4 is 0 Å². The average molecular weight is 266 g/mol. The number of nitrogens with zero attached hydrogens (tertiary/aromatic N) is 2. The van der Waals surface area contributed by atoms with Crippen LogP contribution in [0.2, 0.25) is 0 Å². The molecule has 2 aliphatic rings. The monoisotopic (exact) mass is 266 g/mol. The van der Waals surface area contributed by atoms with Crippen LogP contribution in [0.15, 0.2) is 0 Å². The first kappa shape index (κ1) is 14.4. The lowest BCUT2D eigenvalue weighted by atomic mass is 9.94. The van der Waals surface area contributed by atoms with Crippen molar-refractivity contribution in [1.29, 1.82) is 0 Å². The molecule has 4 nitrogen and oxygen atoms in total. The first-order valence-electron chi connectivity index (χ1n) is 7.58. The number of hydrogen-bond acceptors (Lipinski definition) is 2. The first-order chi connectivity index (χ1) is 8.97. The van der Waals surface area contributed by atoms with Gasteiger partial charge in [-0.2, -0.15) is 0 Å². The fourth-order valence-corrected chi connectivity index (χ4v) is 3.48. The Balaban J connectivity index is 2.23. The van der Waals surface area contributed by atoms with Crippen molar-refractivity contribution in [3.63, 3.8) is 0 Å². The molecule has 0 aliphatic carbocycles. The molecule has 0 saturated carbocycles. The van der Waals surface area contributed by atoms with Crippen molar-refractivity contribution >= 4 is 11.8 Å². The van der Waals surface area contributed by atoms with E-state index in [0.717, 1.165) is 38.6 Å². The molecule has 0 radical (unpaired) electrons. The maximum absolute atomic E-state index is 12.8. The molecular weight excluding hydrogens is 240 g/mol. The van der Waals surface area contributed by atoms with Crippen molar-refractivity contribution < 1.29 is 9.59 Å². The van der Waals surface area contributed by atoms with E-state index >= 15 is 0 Å². The van der Waals surface area contributed by atoms with Gasteiger partial charge in [0.15, 0.2) is 0 Å². The van der Waals surface area contributed by atoms with Gasteiger partial charge in [0.05, 0.1) is 0 Å². The summed E-state index contributed by atoms with van der Waals surface area (Å²) in [6.07, 6.45) is 5.45. The minimum atomic E-state index is -0.195. The number of carbonyl (C=O) groups is 2. The van der Waals surface area contributed by atoms with Crippen LogP contribution in [-0.4, -0.2) is 46.3 Å². The van der Waals surface area contributed by atoms with E-state index in [1.165, 1.54) is 0 Å². The van der Waals surface area contributed by atoms with E-state index in [2.05, 4.69) is 20.8 Å². The molecule has 2 amide bonds. The summed E-state index contributed by atoms with van der Waals surface area (Å²) < 4.78 is 0. The molecule has 0 spiro atoms. The van der Waals surface area contributed by atoms with Crippen LogP contribution in [0.1, 0.15) is 59.3 Å². The number of amides is 2. The summed E-state index contributed by atoms with van der Waals surface area (Å²) in [7, 11) is 0. The molecule has 19 heavy (non-hydrogen) atoms. The maximum Gasteiger partial charge on any atom is 0.245 e. The van der Waals surface area contributed by atoms with Gasteiger partial charge in [-0.05, 0) is 39.5 Å². The highest BCUT2D eigenvalue weighted by molar-refractivity contribution is 5.90. The lowest BCUT2D eigenvalue weighted by molar-refractivity contribution is -0.146. The zero-order valence-electron chi connectivity index (χ0n) is 12.4. The Morgan fingerprint density at radius 1 is 1.21 bits per heavy atom. The lowest BCUT2D eigenvalue weighted by Gasteiger charge is -2.41. The second kappa shape index (κ2) is 5.51. The highest BCUT2D eigenvalue weighted by Gasteiger charge is 2.41. The minimum Gasteiger partial charge on any atom is -0.335 e. The molecule has 0 N–H and O–H groups in total. The van der Waals surface area contributed by atoms with Crippen molar-refractivity contribution in [2.75, 3.05) is 13.1 Å². The highest BCUT2D eigenvalue weighted by atomic mass is 16.2. The second-order valence-electron chi connectivity index (χ2n) is 6.40. The van der Waals surface area contributed by atoms with Crippen molar-refractivity contribution in [3.05, 3.63) is 0 Å². The molecule has 0 bridgehead atoms. The van der Waals surface area contributed by atoms with Crippen LogP contribution in [0.5, 0.6) is 0 Å². The van der Waals surface area contributed by atoms with Crippen molar-refractivity contribution in [3.8, 4) is 0 Å². The fraction of sp³-hybridized carbons (Fsp3) is 0.867. The second-order valence-corrected chi connectivity index (χ2v) is 6.40. The third-order valence-corrected chi connectivity index (χ3v) is 4.52. The summed E-state index contributed by atoms with van der Waals surface area (Å²) in [5.74, 6) is 0.330. The van der Waals surface area contributed by atoms with E-state index in [1.54, 1.807) is 0 Å². The SMILES string of the molecule is CCCC(C)(C)N1CCC(=O)N2CCCCC2C1=O. The van der Waals surface area contributed by atoms with Gasteiger partial charge in [-0.15, -0.1) is 0 Å². The van der Waals surface area contributed by atoms with Crippen molar-refractivity contribution in [2.45, 2.75) is 70.9 Å². The summed E-state index contributed by atoms with van der Waals surface area (Å²) in [5, 5.41) is 0. The van der Waals surface area contributed by atoms with Crippen LogP contribution in [0.3, 0.4) is 0 Å². The lowest BCUT2D eigenvalue weighted by Crippen LogP contribution is -2.55. The van der Waals surface area contributed by atoms with Gasteiger partial charge in [0.1, 0.15) is 6.04 Å². The summed E-state index contributed by atoms with van der Waals surface area (Å²) >= 11 is 0. The normalized spacial score (nSPS) is 25.3. The first-order valence-corrected chi connectivity index (χ1v) is 7.58. The number of carbonyl (C=O) groups excluding carboxylic acids is 2. The van der Waals surface area contributed by atoms with Gasteiger partial charge in [-0.25, -0.2) is 0 Å². The van der Waals surface area contributed by atoms with E-state index in [-0.39, 0.29) is 23.4 Å². The van der Waals surface area contributed by atoms with E-state index in [9.17, 15) is 9.59 Å². The van der Waals surface area contributed by atoms with E-state index in [0.29, 0.717) is 13.0 Å². The third kappa shape index (κ3) is 2.77. The Morgan fingerprint density at radius 2 is 1.95 bits per heavy atom. The Kier molecular flexibility index (Phi) is 4.16. The molecular formula is C15H26N2O2. The average Bonchev–Trinajstić information content (AvgIpc) is 2.49. The van der Waals surface area contributed by atoms with Crippen LogP contribution in [0.25, 0.3) is 0 Å². The van der Waals surface area contributed by atoms with Gasteiger partial charge in [0, 0.05) is 25.0 Å². The maximum atomic E-state index is 12.8. The van der Waals surface area contributed by atoms with Gasteiger partial charge < -0.3 is 9.80 Å². The van der Waals surface area contributed by atoms with E-state index in [4.69, 9.17) is 0 Å². The summed E-state index contributed by atoms with van der Waals surface area (Å²) in [4.78, 5) is 28.7. The largest absolute Gasteiger partial charge is 0.335 e. The molecule has 4 heteroatoms. The quantitative estimate of drug-likeness (QED) is 0.785.